The third kappa shape index (κ3) is 5.74. The summed E-state index contributed by atoms with van der Waals surface area (Å²) in [5.74, 6) is 0.0116. The van der Waals surface area contributed by atoms with E-state index < -0.39 is 14.9 Å². The number of hydrogen-bond acceptors (Lipinski definition) is 7. The molecule has 10 nitrogen and oxygen atoms in total. The molecule has 1 aliphatic heterocycles. The number of imidazole rings is 1. The van der Waals surface area contributed by atoms with Gasteiger partial charge in [-0.3, -0.25) is 19.8 Å². The highest BCUT2D eigenvalue weighted by Crippen LogP contribution is 2.31. The van der Waals surface area contributed by atoms with Crippen LogP contribution in [0, 0.1) is 10.1 Å². The number of nitro groups is 1. The molecule has 1 fully saturated rings. The lowest BCUT2D eigenvalue weighted by molar-refractivity contribution is -0.385. The van der Waals surface area contributed by atoms with Gasteiger partial charge in [0.15, 0.2) is 5.78 Å². The minimum atomic E-state index is -4.03. The number of non-ortho nitro benzene ring substituents is 1. The maximum atomic E-state index is 13.4. The molecular formula is C32H28ClN5O5S. The fourth-order valence-electron chi connectivity index (χ4n) is 5.42. The van der Waals surface area contributed by atoms with Crippen LogP contribution in [0.3, 0.4) is 0 Å². The zero-order valence-corrected chi connectivity index (χ0v) is 25.3. The number of benzene rings is 3. The molecule has 1 aliphatic rings. The molecule has 44 heavy (non-hydrogen) atoms. The van der Waals surface area contributed by atoms with E-state index in [1.807, 2.05) is 72.9 Å². The van der Waals surface area contributed by atoms with Gasteiger partial charge in [-0.25, -0.2) is 13.4 Å². The van der Waals surface area contributed by atoms with Crippen molar-refractivity contribution in [2.45, 2.75) is 18.4 Å². The lowest BCUT2D eigenvalue weighted by Crippen LogP contribution is -2.48. The Morgan fingerprint density at radius 2 is 1.59 bits per heavy atom. The maximum Gasteiger partial charge on any atom is 0.270 e. The minimum Gasteiger partial charge on any atom is -0.301 e. The van der Waals surface area contributed by atoms with Crippen molar-refractivity contribution in [2.24, 2.45) is 0 Å². The Morgan fingerprint density at radius 1 is 0.909 bits per heavy atom. The number of pyridine rings is 1. The number of sulfonamides is 1. The molecule has 12 heteroatoms. The second kappa shape index (κ2) is 11.9. The fraction of sp³-hybridized carbons (Fsp3) is 0.188. The van der Waals surface area contributed by atoms with Gasteiger partial charge in [-0.05, 0) is 36.2 Å². The number of nitro benzene ring substituents is 1. The first kappa shape index (κ1) is 29.6. The average Bonchev–Trinajstić information content (AvgIpc) is 3.39. The molecule has 1 saturated heterocycles. The Morgan fingerprint density at radius 3 is 2.25 bits per heavy atom. The van der Waals surface area contributed by atoms with Gasteiger partial charge in [0.2, 0.25) is 10.0 Å². The lowest BCUT2D eigenvalue weighted by Gasteiger charge is -2.34. The Bertz CT molecular complexity index is 1990. The molecule has 224 valence electrons. The maximum absolute atomic E-state index is 13.4. The van der Waals surface area contributed by atoms with E-state index >= 15 is 0 Å². The van der Waals surface area contributed by atoms with Crippen LogP contribution in [0.15, 0.2) is 96.0 Å². The van der Waals surface area contributed by atoms with Crippen LogP contribution in [0.2, 0.25) is 5.02 Å². The normalized spacial score (nSPS) is 14.6. The van der Waals surface area contributed by atoms with E-state index in [-0.39, 0.29) is 34.5 Å². The summed E-state index contributed by atoms with van der Waals surface area (Å²) in [6, 6.07) is 24.8. The highest BCUT2D eigenvalue weighted by Gasteiger charge is 2.32. The summed E-state index contributed by atoms with van der Waals surface area (Å²) in [7, 11) is -4.03. The second-order valence-corrected chi connectivity index (χ2v) is 12.9. The lowest BCUT2D eigenvalue weighted by atomic mass is 10.0. The summed E-state index contributed by atoms with van der Waals surface area (Å²) in [4.78, 5) is 29.2. The number of carbonyl (C=O) groups is 1. The summed E-state index contributed by atoms with van der Waals surface area (Å²) in [6.45, 7) is 3.35. The van der Waals surface area contributed by atoms with Crippen molar-refractivity contribution in [1.29, 1.82) is 0 Å². The van der Waals surface area contributed by atoms with E-state index in [2.05, 4.69) is 9.30 Å². The second-order valence-electron chi connectivity index (χ2n) is 10.6. The standard InChI is InChI=1S/C32H28ClN5O5S/c1-22(39)23-7-9-24(10-8-23)26-11-14-31-34-32(25-5-3-2-4-6-25)29(37(31)20-26)21-35-15-17-36(18-16-35)44(42,43)30-19-27(38(40)41)12-13-28(30)33/h2-14,19-20H,15-18,21H2,1H3. The van der Waals surface area contributed by atoms with Crippen LogP contribution in [0.25, 0.3) is 28.0 Å². The number of carbonyl (C=O) groups excluding carboxylic acids is 1. The van der Waals surface area contributed by atoms with Crippen molar-refractivity contribution < 1.29 is 18.1 Å². The molecule has 0 aliphatic carbocycles. The van der Waals surface area contributed by atoms with E-state index in [9.17, 15) is 23.3 Å². The van der Waals surface area contributed by atoms with Crippen LogP contribution in [0.4, 0.5) is 5.69 Å². The van der Waals surface area contributed by atoms with Crippen LogP contribution in [0.1, 0.15) is 23.0 Å². The van der Waals surface area contributed by atoms with Crippen LogP contribution >= 0.6 is 11.6 Å². The Hall–Kier alpha value is -4.42. The predicted molar refractivity (Wildman–Crippen MR) is 168 cm³/mol. The van der Waals surface area contributed by atoms with E-state index in [4.69, 9.17) is 16.6 Å². The third-order valence-electron chi connectivity index (χ3n) is 7.84. The smallest absolute Gasteiger partial charge is 0.270 e. The van der Waals surface area contributed by atoms with Crippen LogP contribution in [0.5, 0.6) is 0 Å². The van der Waals surface area contributed by atoms with Crippen molar-refractivity contribution in [3.05, 3.63) is 118 Å². The average molecular weight is 630 g/mol. The summed E-state index contributed by atoms with van der Waals surface area (Å²) in [6.07, 6.45) is 2.04. The highest BCUT2D eigenvalue weighted by molar-refractivity contribution is 7.89. The topological polar surface area (TPSA) is 118 Å². The van der Waals surface area contributed by atoms with Gasteiger partial charge < -0.3 is 4.40 Å². The first-order chi connectivity index (χ1) is 21.1. The van der Waals surface area contributed by atoms with Crippen molar-refractivity contribution >= 4 is 38.7 Å². The van der Waals surface area contributed by atoms with Gasteiger partial charge >= 0.3 is 0 Å². The predicted octanol–water partition coefficient (Wildman–Crippen LogP) is 5.94. The molecule has 2 aromatic heterocycles. The zero-order valence-electron chi connectivity index (χ0n) is 23.8. The summed E-state index contributed by atoms with van der Waals surface area (Å²) < 4.78 is 30.2. The summed E-state index contributed by atoms with van der Waals surface area (Å²) in [5, 5.41) is 11.2. The molecule has 3 aromatic carbocycles. The molecule has 0 spiro atoms. The van der Waals surface area contributed by atoms with E-state index in [0.717, 1.165) is 39.8 Å². The van der Waals surface area contributed by atoms with Gasteiger partial charge in [0.05, 0.1) is 21.3 Å². The molecule has 5 aromatic rings. The van der Waals surface area contributed by atoms with Crippen molar-refractivity contribution in [2.75, 3.05) is 26.2 Å². The van der Waals surface area contributed by atoms with Crippen LogP contribution in [-0.2, 0) is 16.6 Å². The number of halogens is 1. The molecule has 6 rings (SSSR count). The van der Waals surface area contributed by atoms with Gasteiger partial charge in [-0.2, -0.15) is 4.31 Å². The van der Waals surface area contributed by atoms with Crippen molar-refractivity contribution in [3.63, 3.8) is 0 Å². The number of fused-ring (bicyclic) bond motifs is 1. The van der Waals surface area contributed by atoms with Gasteiger partial charge in [0, 0.05) is 62.2 Å². The summed E-state index contributed by atoms with van der Waals surface area (Å²) in [5.41, 5.74) is 5.82. The molecule has 0 bridgehead atoms. The Kier molecular flexibility index (Phi) is 8.04. The van der Waals surface area contributed by atoms with E-state index in [1.165, 1.54) is 16.4 Å². The van der Waals surface area contributed by atoms with E-state index in [0.29, 0.717) is 25.2 Å². The SMILES string of the molecule is CC(=O)c1ccc(-c2ccc3nc(-c4ccccc4)c(CN4CCN(S(=O)(=O)c5cc([N+](=O)[O-])ccc5Cl)CC4)n3c2)cc1. The molecule has 0 amide bonds. The number of hydrogen-bond donors (Lipinski definition) is 0. The van der Waals surface area contributed by atoms with Crippen LogP contribution in [-0.4, -0.2) is 63.9 Å². The van der Waals surface area contributed by atoms with Gasteiger partial charge in [0.25, 0.3) is 5.69 Å². The number of piperazine rings is 1. The minimum absolute atomic E-state index is 0.0116. The molecule has 0 radical (unpaired) electrons. The number of Topliss-reactive ketones (excluding diaryl/α,β-unsaturated/α-hetero) is 1. The number of aromatic nitrogens is 2. The van der Waals surface area contributed by atoms with Gasteiger partial charge in [-0.1, -0.05) is 66.2 Å². The van der Waals surface area contributed by atoms with Gasteiger partial charge in [-0.15, -0.1) is 0 Å². The fourth-order valence-corrected chi connectivity index (χ4v) is 7.34. The monoisotopic (exact) mass is 629 g/mol. The summed E-state index contributed by atoms with van der Waals surface area (Å²) >= 11 is 6.17. The van der Waals surface area contributed by atoms with Gasteiger partial charge in [0.1, 0.15) is 10.5 Å². The van der Waals surface area contributed by atoms with Crippen molar-refractivity contribution in [1.82, 2.24) is 18.6 Å². The molecular weight excluding hydrogens is 602 g/mol. The molecule has 0 unspecified atom stereocenters. The molecule has 0 N–H and O–H groups in total. The van der Waals surface area contributed by atoms with Crippen molar-refractivity contribution in [3.8, 4) is 22.4 Å². The Balaban J connectivity index is 1.29. The highest BCUT2D eigenvalue weighted by atomic mass is 35.5. The number of nitrogens with zero attached hydrogens (tertiary/aromatic N) is 5. The third-order valence-corrected chi connectivity index (χ3v) is 10.2. The quantitative estimate of drug-likeness (QED) is 0.118. The molecule has 3 heterocycles. The Labute approximate surface area is 259 Å². The first-order valence-corrected chi connectivity index (χ1v) is 15.8. The van der Waals surface area contributed by atoms with Crippen LogP contribution < -0.4 is 0 Å². The van der Waals surface area contributed by atoms with E-state index in [1.54, 1.807) is 6.92 Å². The zero-order chi connectivity index (χ0) is 31.0. The largest absolute Gasteiger partial charge is 0.301 e. The molecule has 0 atom stereocenters. The number of rotatable bonds is 8. The number of ketones is 1. The molecule has 0 saturated carbocycles. The first-order valence-electron chi connectivity index (χ1n) is 14.0.